The molecule has 8 heteroatoms. The molecule has 0 spiro atoms. The zero-order valence-electron chi connectivity index (χ0n) is 9.78. The van der Waals surface area contributed by atoms with Crippen molar-refractivity contribution in [3.63, 3.8) is 0 Å². The lowest BCUT2D eigenvalue weighted by molar-refractivity contribution is -0.115. The monoisotopic (exact) mass is 263 g/mol. The highest BCUT2D eigenvalue weighted by Gasteiger charge is 2.27. The molecular weight excluding hydrogens is 251 g/mol. The van der Waals surface area contributed by atoms with Gasteiger partial charge in [0.1, 0.15) is 6.54 Å². The fourth-order valence-electron chi connectivity index (χ4n) is 1.01. The van der Waals surface area contributed by atoms with Crippen LogP contribution in [0.2, 0.25) is 0 Å². The number of alkyl halides is 3. The highest BCUT2D eigenvalue weighted by molar-refractivity contribution is 5.87. The molecule has 0 amide bonds. The molecule has 0 unspecified atom stereocenters. The second-order valence-electron chi connectivity index (χ2n) is 3.69. The summed E-state index contributed by atoms with van der Waals surface area (Å²) in [7, 11) is 0. The van der Waals surface area contributed by atoms with E-state index >= 15 is 0 Å². The molecule has 1 rings (SSSR count). The molecule has 0 aliphatic carbocycles. The number of rotatable bonds is 4. The Balaban J connectivity index is 2.70. The number of ether oxygens (including phenoxy) is 1. The van der Waals surface area contributed by atoms with Gasteiger partial charge in [-0.2, -0.15) is 13.2 Å². The number of aromatic nitrogens is 2. The van der Waals surface area contributed by atoms with E-state index in [4.69, 9.17) is 4.74 Å². The van der Waals surface area contributed by atoms with Crippen molar-refractivity contribution in [3.05, 3.63) is 18.0 Å². The van der Waals surface area contributed by atoms with E-state index in [0.29, 0.717) is 0 Å². The first kappa shape index (κ1) is 14.2. The topological polar surface area (TPSA) is 64.1 Å². The molecule has 1 heterocycles. The number of anilines is 1. The average Bonchev–Trinajstić information content (AvgIpc) is 2.25. The minimum atomic E-state index is -4.38. The van der Waals surface area contributed by atoms with Crippen molar-refractivity contribution in [2.75, 3.05) is 11.9 Å². The van der Waals surface area contributed by atoms with Gasteiger partial charge in [-0.1, -0.05) is 0 Å². The maximum Gasteiger partial charge on any atom is 0.405 e. The second-order valence-corrected chi connectivity index (χ2v) is 3.69. The standard InChI is InChI=1S/C10H12F3N3O2/c1-6(2)18-8(17)7-3-4-14-9(16-7)15-5-10(11,12)13/h3-4,6H,5H2,1-2H3,(H,14,15,16). The molecule has 5 nitrogen and oxygen atoms in total. The summed E-state index contributed by atoms with van der Waals surface area (Å²) in [4.78, 5) is 18.7. The molecular formula is C10H12F3N3O2. The van der Waals surface area contributed by atoms with E-state index in [2.05, 4.69) is 9.97 Å². The van der Waals surface area contributed by atoms with Crippen molar-refractivity contribution in [2.45, 2.75) is 26.1 Å². The van der Waals surface area contributed by atoms with Crippen molar-refractivity contribution in [1.82, 2.24) is 9.97 Å². The Kier molecular flexibility index (Phi) is 4.46. The van der Waals surface area contributed by atoms with Crippen LogP contribution in [0.1, 0.15) is 24.3 Å². The van der Waals surface area contributed by atoms with Crippen molar-refractivity contribution in [3.8, 4) is 0 Å². The molecule has 0 aliphatic rings. The molecule has 0 aromatic carbocycles. The molecule has 0 fully saturated rings. The van der Waals surface area contributed by atoms with Gasteiger partial charge >= 0.3 is 12.1 Å². The lowest BCUT2D eigenvalue weighted by Crippen LogP contribution is -2.23. The summed E-state index contributed by atoms with van der Waals surface area (Å²) in [6, 6.07) is 1.27. The average molecular weight is 263 g/mol. The summed E-state index contributed by atoms with van der Waals surface area (Å²) in [5.41, 5.74) is -0.0941. The first-order valence-corrected chi connectivity index (χ1v) is 5.12. The smallest absolute Gasteiger partial charge is 0.405 e. The summed E-state index contributed by atoms with van der Waals surface area (Å²) in [5, 5.41) is 1.98. The van der Waals surface area contributed by atoms with Gasteiger partial charge in [0.15, 0.2) is 5.69 Å². The van der Waals surface area contributed by atoms with E-state index in [1.807, 2.05) is 5.32 Å². The van der Waals surface area contributed by atoms with Gasteiger partial charge in [-0.15, -0.1) is 0 Å². The first-order valence-electron chi connectivity index (χ1n) is 5.12. The predicted molar refractivity (Wildman–Crippen MR) is 57.1 cm³/mol. The zero-order chi connectivity index (χ0) is 13.8. The minimum Gasteiger partial charge on any atom is -0.458 e. The second kappa shape index (κ2) is 5.65. The Morgan fingerprint density at radius 3 is 2.72 bits per heavy atom. The number of halogens is 3. The van der Waals surface area contributed by atoms with Gasteiger partial charge in [0.25, 0.3) is 0 Å². The van der Waals surface area contributed by atoms with E-state index < -0.39 is 18.7 Å². The molecule has 1 aromatic rings. The third-order valence-electron chi connectivity index (χ3n) is 1.65. The Bertz CT molecular complexity index is 421. The van der Waals surface area contributed by atoms with E-state index in [1.54, 1.807) is 13.8 Å². The summed E-state index contributed by atoms with van der Waals surface area (Å²) < 4.78 is 40.7. The number of carbonyl (C=O) groups is 1. The molecule has 0 saturated carbocycles. The minimum absolute atomic E-state index is 0.0941. The molecule has 0 radical (unpaired) electrons. The lowest BCUT2D eigenvalue weighted by atomic mass is 10.4. The summed E-state index contributed by atoms with van der Waals surface area (Å²) in [5.74, 6) is -0.979. The molecule has 1 aromatic heterocycles. The molecule has 0 atom stereocenters. The van der Waals surface area contributed by atoms with Crippen LogP contribution in [0.25, 0.3) is 0 Å². The Morgan fingerprint density at radius 1 is 1.50 bits per heavy atom. The zero-order valence-corrected chi connectivity index (χ0v) is 9.78. The van der Waals surface area contributed by atoms with E-state index in [-0.39, 0.29) is 17.7 Å². The number of nitrogens with zero attached hydrogens (tertiary/aromatic N) is 2. The van der Waals surface area contributed by atoms with Crippen LogP contribution in [-0.4, -0.2) is 34.8 Å². The van der Waals surface area contributed by atoms with E-state index in [9.17, 15) is 18.0 Å². The van der Waals surface area contributed by atoms with Gasteiger partial charge in [0.05, 0.1) is 6.10 Å². The molecule has 0 saturated heterocycles. The normalized spacial score (nSPS) is 11.4. The lowest BCUT2D eigenvalue weighted by Gasteiger charge is -2.09. The van der Waals surface area contributed by atoms with Crippen LogP contribution in [-0.2, 0) is 4.74 Å². The van der Waals surface area contributed by atoms with Crippen LogP contribution >= 0.6 is 0 Å². The van der Waals surface area contributed by atoms with Gasteiger partial charge in [-0.25, -0.2) is 14.8 Å². The van der Waals surface area contributed by atoms with Crippen LogP contribution in [0.4, 0.5) is 19.1 Å². The Hall–Kier alpha value is -1.86. The van der Waals surface area contributed by atoms with Gasteiger partial charge in [-0.3, -0.25) is 0 Å². The van der Waals surface area contributed by atoms with Gasteiger partial charge in [0, 0.05) is 6.20 Å². The summed E-state index contributed by atoms with van der Waals surface area (Å²) in [6.07, 6.45) is -3.53. The van der Waals surface area contributed by atoms with Crippen molar-refractivity contribution in [1.29, 1.82) is 0 Å². The number of hydrogen-bond donors (Lipinski definition) is 1. The highest BCUT2D eigenvalue weighted by atomic mass is 19.4. The number of hydrogen-bond acceptors (Lipinski definition) is 5. The first-order chi connectivity index (χ1) is 8.28. The van der Waals surface area contributed by atoms with Gasteiger partial charge in [0.2, 0.25) is 5.95 Å². The van der Waals surface area contributed by atoms with Gasteiger partial charge in [-0.05, 0) is 19.9 Å². The van der Waals surface area contributed by atoms with Crippen LogP contribution in [0.5, 0.6) is 0 Å². The molecule has 100 valence electrons. The van der Waals surface area contributed by atoms with Crippen LogP contribution in [0.15, 0.2) is 12.3 Å². The molecule has 0 bridgehead atoms. The Morgan fingerprint density at radius 2 is 2.17 bits per heavy atom. The van der Waals surface area contributed by atoms with Gasteiger partial charge < -0.3 is 10.1 Å². The molecule has 1 N–H and O–H groups in total. The van der Waals surface area contributed by atoms with Crippen LogP contribution in [0, 0.1) is 0 Å². The summed E-state index contributed by atoms with van der Waals surface area (Å²) >= 11 is 0. The molecule has 0 aliphatic heterocycles. The SMILES string of the molecule is CC(C)OC(=O)c1ccnc(NCC(F)(F)F)n1. The largest absolute Gasteiger partial charge is 0.458 e. The third-order valence-corrected chi connectivity index (χ3v) is 1.65. The predicted octanol–water partition coefficient (Wildman–Crippen LogP) is 2.02. The maximum absolute atomic E-state index is 12.0. The highest BCUT2D eigenvalue weighted by Crippen LogP contribution is 2.14. The van der Waals surface area contributed by atoms with E-state index in [0.717, 1.165) is 0 Å². The quantitative estimate of drug-likeness (QED) is 0.842. The van der Waals surface area contributed by atoms with Crippen LogP contribution in [0.3, 0.4) is 0 Å². The van der Waals surface area contributed by atoms with Crippen molar-refractivity contribution >= 4 is 11.9 Å². The van der Waals surface area contributed by atoms with Crippen molar-refractivity contribution in [2.24, 2.45) is 0 Å². The maximum atomic E-state index is 12.0. The Labute approximate surface area is 101 Å². The fourth-order valence-corrected chi connectivity index (χ4v) is 1.01. The number of carbonyl (C=O) groups excluding carboxylic acids is 1. The number of nitrogens with one attached hydrogen (secondary N) is 1. The van der Waals surface area contributed by atoms with E-state index in [1.165, 1.54) is 12.3 Å². The molecule has 18 heavy (non-hydrogen) atoms. The van der Waals surface area contributed by atoms with Crippen molar-refractivity contribution < 1.29 is 22.7 Å². The summed E-state index contributed by atoms with van der Waals surface area (Å²) in [6.45, 7) is 2.04. The van der Waals surface area contributed by atoms with Crippen LogP contribution < -0.4 is 5.32 Å². The number of esters is 1. The fraction of sp³-hybridized carbons (Fsp3) is 0.500. The third kappa shape index (κ3) is 4.98.